The maximum atomic E-state index is 11.5. The molecule has 1 heterocycles. The Labute approximate surface area is 78.2 Å². The van der Waals surface area contributed by atoms with Crippen molar-refractivity contribution >= 4 is 11.6 Å². The van der Waals surface area contributed by atoms with E-state index in [2.05, 4.69) is 0 Å². The molecule has 0 aromatic heterocycles. The van der Waals surface area contributed by atoms with E-state index in [0.29, 0.717) is 6.42 Å². The second kappa shape index (κ2) is 3.21. The van der Waals surface area contributed by atoms with Crippen molar-refractivity contribution in [3.63, 3.8) is 0 Å². The monoisotopic (exact) mass is 175 g/mol. The Morgan fingerprint density at radius 1 is 1.31 bits per heavy atom. The van der Waals surface area contributed by atoms with Crippen molar-refractivity contribution in [3.8, 4) is 0 Å². The van der Waals surface area contributed by atoms with Crippen LogP contribution in [0.1, 0.15) is 18.4 Å². The lowest BCUT2D eigenvalue weighted by Crippen LogP contribution is -2.24. The van der Waals surface area contributed by atoms with Crippen LogP contribution in [0, 0.1) is 6.92 Å². The molecule has 68 valence electrons. The van der Waals surface area contributed by atoms with Gasteiger partial charge in [-0.05, 0) is 25.0 Å². The molecule has 0 aliphatic carbocycles. The van der Waals surface area contributed by atoms with Gasteiger partial charge in [0.05, 0.1) is 0 Å². The number of rotatable bonds is 1. The summed E-state index contributed by atoms with van der Waals surface area (Å²) in [5.74, 6) is 0.259. The summed E-state index contributed by atoms with van der Waals surface area (Å²) in [6.45, 7) is 2.92. The van der Waals surface area contributed by atoms with Crippen LogP contribution in [-0.2, 0) is 4.79 Å². The van der Waals surface area contributed by atoms with Gasteiger partial charge in [-0.3, -0.25) is 4.79 Å². The molecule has 1 aromatic carbocycles. The molecule has 1 aliphatic rings. The van der Waals surface area contributed by atoms with E-state index < -0.39 is 0 Å². The fourth-order valence-electron chi connectivity index (χ4n) is 1.77. The predicted octanol–water partition coefficient (Wildman–Crippen LogP) is 2.12. The maximum absolute atomic E-state index is 11.5. The zero-order valence-corrected chi connectivity index (χ0v) is 7.79. The summed E-state index contributed by atoms with van der Waals surface area (Å²) >= 11 is 0. The molecule has 2 rings (SSSR count). The Bertz CT molecular complexity index is 333. The first-order valence-electron chi connectivity index (χ1n) is 4.65. The molecule has 1 aromatic rings. The lowest BCUT2D eigenvalue weighted by molar-refractivity contribution is -0.117. The van der Waals surface area contributed by atoms with Crippen molar-refractivity contribution in [2.24, 2.45) is 0 Å². The molecular weight excluding hydrogens is 162 g/mol. The molecule has 1 fully saturated rings. The van der Waals surface area contributed by atoms with Crippen LogP contribution >= 0.6 is 0 Å². The smallest absolute Gasteiger partial charge is 0.227 e. The van der Waals surface area contributed by atoms with Crippen molar-refractivity contribution < 1.29 is 4.79 Å². The Balaban J connectivity index is 2.34. The van der Waals surface area contributed by atoms with Crippen LogP contribution in [-0.4, -0.2) is 12.5 Å². The third-order valence-electron chi connectivity index (χ3n) is 2.48. The summed E-state index contributed by atoms with van der Waals surface area (Å²) in [7, 11) is 0. The highest BCUT2D eigenvalue weighted by atomic mass is 16.2. The van der Waals surface area contributed by atoms with Gasteiger partial charge in [0.25, 0.3) is 0 Å². The van der Waals surface area contributed by atoms with Crippen LogP contribution in [0.15, 0.2) is 24.3 Å². The summed E-state index contributed by atoms with van der Waals surface area (Å²) in [4.78, 5) is 13.3. The summed E-state index contributed by atoms with van der Waals surface area (Å²) in [6, 6.07) is 8.03. The van der Waals surface area contributed by atoms with E-state index >= 15 is 0 Å². The highest BCUT2D eigenvalue weighted by molar-refractivity contribution is 5.95. The lowest BCUT2D eigenvalue weighted by Gasteiger charge is -2.17. The molecule has 0 unspecified atom stereocenters. The first kappa shape index (κ1) is 8.30. The minimum Gasteiger partial charge on any atom is -0.312 e. The van der Waals surface area contributed by atoms with Gasteiger partial charge < -0.3 is 4.90 Å². The molecule has 2 nitrogen and oxygen atoms in total. The highest BCUT2D eigenvalue weighted by Gasteiger charge is 2.22. The van der Waals surface area contributed by atoms with E-state index in [-0.39, 0.29) is 5.91 Å². The summed E-state index contributed by atoms with van der Waals surface area (Å²) in [5.41, 5.74) is 2.25. The van der Waals surface area contributed by atoms with Crippen LogP contribution < -0.4 is 4.90 Å². The second-order valence-electron chi connectivity index (χ2n) is 3.44. The number of carbonyl (C=O) groups is 1. The van der Waals surface area contributed by atoms with E-state index in [1.807, 2.05) is 36.1 Å². The summed E-state index contributed by atoms with van der Waals surface area (Å²) in [5, 5.41) is 0. The van der Waals surface area contributed by atoms with E-state index in [9.17, 15) is 4.79 Å². The fourth-order valence-corrected chi connectivity index (χ4v) is 1.77. The van der Waals surface area contributed by atoms with Crippen molar-refractivity contribution in [2.75, 3.05) is 11.4 Å². The van der Waals surface area contributed by atoms with Gasteiger partial charge in [0.15, 0.2) is 0 Å². The van der Waals surface area contributed by atoms with Gasteiger partial charge in [-0.1, -0.05) is 18.2 Å². The molecule has 1 saturated heterocycles. The Morgan fingerprint density at radius 3 is 2.69 bits per heavy atom. The van der Waals surface area contributed by atoms with Crippen molar-refractivity contribution in [3.05, 3.63) is 29.8 Å². The topological polar surface area (TPSA) is 20.3 Å². The first-order valence-corrected chi connectivity index (χ1v) is 4.65. The number of aryl methyl sites for hydroxylation is 1. The van der Waals surface area contributed by atoms with Crippen LogP contribution in [0.3, 0.4) is 0 Å². The fraction of sp³-hybridized carbons (Fsp3) is 0.364. The zero-order valence-electron chi connectivity index (χ0n) is 7.79. The summed E-state index contributed by atoms with van der Waals surface area (Å²) < 4.78 is 0. The van der Waals surface area contributed by atoms with Gasteiger partial charge in [0.1, 0.15) is 0 Å². The van der Waals surface area contributed by atoms with Gasteiger partial charge in [0.2, 0.25) is 5.91 Å². The predicted molar refractivity (Wildman–Crippen MR) is 52.8 cm³/mol. The molecule has 0 bridgehead atoms. The number of amides is 1. The van der Waals surface area contributed by atoms with Crippen LogP contribution in [0.5, 0.6) is 0 Å². The molecule has 1 amide bonds. The number of para-hydroxylation sites is 1. The van der Waals surface area contributed by atoms with Gasteiger partial charge in [0, 0.05) is 18.7 Å². The molecular formula is C11H13NO. The molecule has 1 aliphatic heterocycles. The van der Waals surface area contributed by atoms with Crippen molar-refractivity contribution in [1.82, 2.24) is 0 Å². The highest BCUT2D eigenvalue weighted by Crippen LogP contribution is 2.24. The van der Waals surface area contributed by atoms with Gasteiger partial charge in [-0.15, -0.1) is 0 Å². The first-order chi connectivity index (χ1) is 6.29. The summed E-state index contributed by atoms with van der Waals surface area (Å²) in [6.07, 6.45) is 1.70. The minimum atomic E-state index is 0.259. The standard InChI is InChI=1S/C11H13NO/c1-9-5-2-3-6-10(9)12-8-4-7-11(12)13/h2-3,5-6H,4,7-8H2,1H3. The second-order valence-corrected chi connectivity index (χ2v) is 3.44. The van der Waals surface area contributed by atoms with Crippen molar-refractivity contribution in [2.45, 2.75) is 19.8 Å². The third kappa shape index (κ3) is 1.44. The Kier molecular flexibility index (Phi) is 2.05. The molecule has 0 radical (unpaired) electrons. The van der Waals surface area contributed by atoms with Crippen molar-refractivity contribution in [1.29, 1.82) is 0 Å². The number of hydrogen-bond donors (Lipinski definition) is 0. The number of nitrogens with zero attached hydrogens (tertiary/aromatic N) is 1. The van der Waals surface area contributed by atoms with Gasteiger partial charge >= 0.3 is 0 Å². The van der Waals surface area contributed by atoms with Gasteiger partial charge in [-0.25, -0.2) is 0 Å². The molecule has 0 saturated carbocycles. The number of carbonyl (C=O) groups excluding carboxylic acids is 1. The van der Waals surface area contributed by atoms with Gasteiger partial charge in [-0.2, -0.15) is 0 Å². The Morgan fingerprint density at radius 2 is 2.08 bits per heavy atom. The number of anilines is 1. The average molecular weight is 175 g/mol. The van der Waals surface area contributed by atoms with E-state index in [1.165, 1.54) is 5.56 Å². The Hall–Kier alpha value is -1.31. The zero-order chi connectivity index (χ0) is 9.26. The third-order valence-corrected chi connectivity index (χ3v) is 2.48. The number of benzene rings is 1. The molecule has 0 N–H and O–H groups in total. The molecule has 2 heteroatoms. The minimum absolute atomic E-state index is 0.259. The van der Waals surface area contributed by atoms with E-state index in [4.69, 9.17) is 0 Å². The number of hydrogen-bond acceptors (Lipinski definition) is 1. The quantitative estimate of drug-likeness (QED) is 0.640. The van der Waals surface area contributed by atoms with E-state index in [0.717, 1.165) is 18.7 Å². The SMILES string of the molecule is Cc1ccccc1N1CCCC1=O. The molecule has 0 atom stereocenters. The average Bonchev–Trinajstić information content (AvgIpc) is 2.52. The van der Waals surface area contributed by atoms with E-state index in [1.54, 1.807) is 0 Å². The van der Waals surface area contributed by atoms with Crippen LogP contribution in [0.2, 0.25) is 0 Å². The van der Waals surface area contributed by atoms with Crippen LogP contribution in [0.4, 0.5) is 5.69 Å². The molecule has 13 heavy (non-hydrogen) atoms. The normalized spacial score (nSPS) is 16.7. The maximum Gasteiger partial charge on any atom is 0.227 e. The van der Waals surface area contributed by atoms with Crippen LogP contribution in [0.25, 0.3) is 0 Å². The largest absolute Gasteiger partial charge is 0.312 e. The molecule has 0 spiro atoms. The lowest BCUT2D eigenvalue weighted by atomic mass is 10.2.